The number of benzene rings is 2. The van der Waals surface area contributed by atoms with Crippen LogP contribution in [0.25, 0.3) is 0 Å². The van der Waals surface area contributed by atoms with E-state index in [1.54, 1.807) is 0 Å². The van der Waals surface area contributed by atoms with E-state index < -0.39 is 5.92 Å². The summed E-state index contributed by atoms with van der Waals surface area (Å²) in [5.74, 6) is -0.631. The van der Waals surface area contributed by atoms with Crippen LogP contribution in [0.4, 0.5) is 0 Å². The third kappa shape index (κ3) is 3.08. The van der Waals surface area contributed by atoms with Crippen molar-refractivity contribution in [1.82, 2.24) is 0 Å². The average Bonchev–Trinajstić information content (AvgIpc) is 2.56. The van der Waals surface area contributed by atoms with Crippen molar-refractivity contribution >= 4 is 5.78 Å². The lowest BCUT2D eigenvalue weighted by Gasteiger charge is -2.25. The van der Waals surface area contributed by atoms with E-state index in [-0.39, 0.29) is 5.78 Å². The molecule has 0 aromatic heterocycles. The SMILES string of the molecule is N#C[C@@H](C(=O)C[NH+]1CCc2ccccc2C1)c1ccccc1. The molecule has 0 saturated carbocycles. The monoisotopic (exact) mass is 291 g/mol. The standard InChI is InChI=1S/C19H18N2O/c20-12-18(16-7-2-1-3-8-16)19(22)14-21-11-10-15-6-4-5-9-17(15)13-21/h1-9,18H,10-11,13-14H2/p+1/t18-/m1/s1. The van der Waals surface area contributed by atoms with Crippen molar-refractivity contribution in [2.75, 3.05) is 13.1 Å². The molecule has 3 rings (SSSR count). The predicted molar refractivity (Wildman–Crippen MR) is 84.3 cm³/mol. The Kier molecular flexibility index (Phi) is 4.32. The number of ketones is 1. The largest absolute Gasteiger partial charge is 0.325 e. The fourth-order valence-corrected chi connectivity index (χ4v) is 3.12. The van der Waals surface area contributed by atoms with E-state index in [0.29, 0.717) is 6.54 Å². The number of rotatable bonds is 4. The Balaban J connectivity index is 1.69. The lowest BCUT2D eigenvalue weighted by atomic mass is 9.94. The molecule has 0 spiro atoms. The smallest absolute Gasteiger partial charge is 0.208 e. The second-order valence-electron chi connectivity index (χ2n) is 5.81. The van der Waals surface area contributed by atoms with Gasteiger partial charge < -0.3 is 4.90 Å². The molecule has 0 aliphatic carbocycles. The lowest BCUT2D eigenvalue weighted by molar-refractivity contribution is -0.907. The quantitative estimate of drug-likeness (QED) is 0.928. The highest BCUT2D eigenvalue weighted by molar-refractivity contribution is 5.89. The summed E-state index contributed by atoms with van der Waals surface area (Å²) in [5, 5.41) is 9.36. The summed E-state index contributed by atoms with van der Waals surface area (Å²) in [7, 11) is 0. The molecule has 0 bridgehead atoms. The van der Waals surface area contributed by atoms with Gasteiger partial charge in [-0.25, -0.2) is 0 Å². The molecule has 0 fully saturated rings. The van der Waals surface area contributed by atoms with E-state index in [4.69, 9.17) is 0 Å². The molecule has 3 nitrogen and oxygen atoms in total. The molecule has 1 heterocycles. The third-order valence-corrected chi connectivity index (χ3v) is 4.31. The van der Waals surface area contributed by atoms with E-state index >= 15 is 0 Å². The first kappa shape index (κ1) is 14.5. The summed E-state index contributed by atoms with van der Waals surface area (Å²) in [6.45, 7) is 2.24. The molecule has 110 valence electrons. The number of hydrogen-bond donors (Lipinski definition) is 1. The van der Waals surface area contributed by atoms with Gasteiger partial charge in [0.05, 0.1) is 12.6 Å². The minimum absolute atomic E-state index is 0.0167. The molecule has 3 heteroatoms. The minimum Gasteiger partial charge on any atom is -0.325 e. The molecule has 2 aromatic carbocycles. The number of carbonyl (C=O) groups is 1. The Bertz CT molecular complexity index is 703. The maximum Gasteiger partial charge on any atom is 0.208 e. The van der Waals surface area contributed by atoms with Crippen molar-refractivity contribution < 1.29 is 9.69 Å². The molecule has 0 saturated heterocycles. The number of quaternary nitrogens is 1. The van der Waals surface area contributed by atoms with Gasteiger partial charge in [0.15, 0.2) is 0 Å². The highest BCUT2D eigenvalue weighted by atomic mass is 16.1. The van der Waals surface area contributed by atoms with Crippen molar-refractivity contribution in [1.29, 1.82) is 5.26 Å². The molecule has 22 heavy (non-hydrogen) atoms. The number of nitriles is 1. The fourth-order valence-electron chi connectivity index (χ4n) is 3.12. The zero-order chi connectivity index (χ0) is 15.4. The Morgan fingerprint density at radius 3 is 2.50 bits per heavy atom. The van der Waals surface area contributed by atoms with Crippen LogP contribution in [0.5, 0.6) is 0 Å². The molecular weight excluding hydrogens is 272 g/mol. The van der Waals surface area contributed by atoms with Crippen LogP contribution < -0.4 is 4.90 Å². The molecule has 0 amide bonds. The normalized spacial score (nSPS) is 18.0. The number of carbonyl (C=O) groups excluding carboxylic acids is 1. The molecule has 0 radical (unpaired) electrons. The van der Waals surface area contributed by atoms with Crippen LogP contribution in [0.15, 0.2) is 54.6 Å². The van der Waals surface area contributed by atoms with Crippen LogP contribution in [0, 0.1) is 11.3 Å². The van der Waals surface area contributed by atoms with Gasteiger partial charge in [-0.3, -0.25) is 4.79 Å². The van der Waals surface area contributed by atoms with Crippen molar-refractivity contribution in [3.63, 3.8) is 0 Å². The van der Waals surface area contributed by atoms with E-state index in [2.05, 4.69) is 24.3 Å². The van der Waals surface area contributed by atoms with Crippen LogP contribution in [-0.4, -0.2) is 18.9 Å². The molecule has 1 unspecified atom stereocenters. The first-order valence-electron chi connectivity index (χ1n) is 7.65. The van der Waals surface area contributed by atoms with Gasteiger partial charge in [0.2, 0.25) is 5.78 Å². The Hall–Kier alpha value is -2.44. The molecule has 1 aliphatic rings. The van der Waals surface area contributed by atoms with Crippen molar-refractivity contribution in [3.05, 3.63) is 71.3 Å². The fraction of sp³-hybridized carbons (Fsp3) is 0.263. The van der Waals surface area contributed by atoms with Gasteiger partial charge in [0, 0.05) is 12.0 Å². The zero-order valence-corrected chi connectivity index (χ0v) is 12.5. The molecule has 1 N–H and O–H groups in total. The summed E-state index contributed by atoms with van der Waals surface area (Å²) in [6.07, 6.45) is 1.00. The van der Waals surface area contributed by atoms with Crippen molar-refractivity contribution in [2.24, 2.45) is 0 Å². The van der Waals surface area contributed by atoms with Crippen LogP contribution in [-0.2, 0) is 17.8 Å². The molecule has 2 atom stereocenters. The van der Waals surface area contributed by atoms with Crippen molar-refractivity contribution in [3.8, 4) is 6.07 Å². The van der Waals surface area contributed by atoms with Crippen LogP contribution in [0.1, 0.15) is 22.6 Å². The maximum absolute atomic E-state index is 12.5. The Labute approximate surface area is 130 Å². The predicted octanol–water partition coefficient (Wildman–Crippen LogP) is 1.50. The topological polar surface area (TPSA) is 45.3 Å². The maximum atomic E-state index is 12.5. The number of nitrogens with zero attached hydrogens (tertiary/aromatic N) is 1. The molecule has 1 aliphatic heterocycles. The van der Waals surface area contributed by atoms with Crippen LogP contribution in [0.3, 0.4) is 0 Å². The van der Waals surface area contributed by atoms with Crippen LogP contribution >= 0.6 is 0 Å². The highest BCUT2D eigenvalue weighted by Crippen LogP contribution is 2.15. The van der Waals surface area contributed by atoms with Gasteiger partial charge >= 0.3 is 0 Å². The lowest BCUT2D eigenvalue weighted by Crippen LogP contribution is -3.12. The summed E-state index contributed by atoms with van der Waals surface area (Å²) in [6, 6.07) is 19.9. The van der Waals surface area contributed by atoms with Gasteiger partial charge in [-0.15, -0.1) is 0 Å². The highest BCUT2D eigenvalue weighted by Gasteiger charge is 2.27. The van der Waals surface area contributed by atoms with E-state index in [1.165, 1.54) is 16.0 Å². The summed E-state index contributed by atoms with van der Waals surface area (Å²) in [4.78, 5) is 13.8. The number of fused-ring (bicyclic) bond motifs is 1. The summed E-state index contributed by atoms with van der Waals surface area (Å²) in [5.41, 5.74) is 3.51. The third-order valence-electron chi connectivity index (χ3n) is 4.31. The summed E-state index contributed by atoms with van der Waals surface area (Å²) < 4.78 is 0. The van der Waals surface area contributed by atoms with Gasteiger partial charge in [-0.2, -0.15) is 5.26 Å². The number of hydrogen-bond acceptors (Lipinski definition) is 2. The second kappa shape index (κ2) is 6.55. The first-order valence-corrected chi connectivity index (χ1v) is 7.65. The molecular formula is C19H19N2O+. The van der Waals surface area contributed by atoms with E-state index in [1.807, 2.05) is 36.4 Å². The van der Waals surface area contributed by atoms with E-state index in [9.17, 15) is 10.1 Å². The molecule has 2 aromatic rings. The number of Topliss-reactive ketones (excluding diaryl/α,β-unsaturated/α-hetero) is 1. The van der Waals surface area contributed by atoms with Crippen molar-refractivity contribution in [2.45, 2.75) is 18.9 Å². The van der Waals surface area contributed by atoms with Gasteiger partial charge in [-0.05, 0) is 11.1 Å². The first-order chi connectivity index (χ1) is 10.8. The number of nitrogens with one attached hydrogen (secondary N) is 1. The van der Waals surface area contributed by atoms with Gasteiger partial charge in [-0.1, -0.05) is 54.6 Å². The Morgan fingerprint density at radius 2 is 1.77 bits per heavy atom. The van der Waals surface area contributed by atoms with Gasteiger partial charge in [0.25, 0.3) is 0 Å². The average molecular weight is 291 g/mol. The van der Waals surface area contributed by atoms with Gasteiger partial charge in [0.1, 0.15) is 19.0 Å². The zero-order valence-electron chi connectivity index (χ0n) is 12.5. The minimum atomic E-state index is -0.647. The Morgan fingerprint density at radius 1 is 1.09 bits per heavy atom. The van der Waals surface area contributed by atoms with E-state index in [0.717, 1.165) is 25.1 Å². The van der Waals surface area contributed by atoms with Crippen LogP contribution in [0.2, 0.25) is 0 Å². The second-order valence-corrected chi connectivity index (χ2v) is 5.81. The summed E-state index contributed by atoms with van der Waals surface area (Å²) >= 11 is 0.